The number of amides is 1. The molecule has 0 bridgehead atoms. The zero-order valence-electron chi connectivity index (χ0n) is 14.2. The second-order valence-corrected chi connectivity index (χ2v) is 8.65. The van der Waals surface area contributed by atoms with Gasteiger partial charge in [0.1, 0.15) is 0 Å². The zero-order chi connectivity index (χ0) is 17.2. The Morgan fingerprint density at radius 2 is 2.12 bits per heavy atom. The molecule has 0 aliphatic carbocycles. The molecule has 2 aromatic heterocycles. The average molecular weight is 372 g/mol. The molecule has 1 fully saturated rings. The van der Waals surface area contributed by atoms with E-state index in [0.29, 0.717) is 5.13 Å². The largest absolute Gasteiger partial charge is 0.297 e. The van der Waals surface area contributed by atoms with Crippen LogP contribution in [0.2, 0.25) is 0 Å². The van der Waals surface area contributed by atoms with Crippen LogP contribution in [0.3, 0.4) is 0 Å². The van der Waals surface area contributed by atoms with E-state index in [4.69, 9.17) is 0 Å². The highest BCUT2D eigenvalue weighted by Crippen LogP contribution is 2.27. The van der Waals surface area contributed by atoms with Gasteiger partial charge in [0.05, 0.1) is 10.6 Å². The summed E-state index contributed by atoms with van der Waals surface area (Å²) in [5, 5.41) is 6.79. The summed E-state index contributed by atoms with van der Waals surface area (Å²) in [6, 6.07) is 10.0. The fourth-order valence-corrected chi connectivity index (χ4v) is 4.79. The number of piperidine rings is 1. The van der Waals surface area contributed by atoms with E-state index in [0.717, 1.165) is 46.2 Å². The van der Waals surface area contributed by atoms with Crippen LogP contribution in [0.4, 0.5) is 5.13 Å². The van der Waals surface area contributed by atoms with Gasteiger partial charge in [0.15, 0.2) is 5.13 Å². The lowest BCUT2D eigenvalue weighted by molar-refractivity contribution is 0.103. The molecular weight excluding hydrogens is 350 g/mol. The smallest absolute Gasteiger partial charge is 0.267 e. The number of fused-ring (bicyclic) bond motifs is 1. The predicted molar refractivity (Wildman–Crippen MR) is 106 cm³/mol. The van der Waals surface area contributed by atoms with Crippen LogP contribution in [0.5, 0.6) is 0 Å². The van der Waals surface area contributed by atoms with Gasteiger partial charge in [0.25, 0.3) is 5.91 Å². The number of rotatable bonds is 4. The van der Waals surface area contributed by atoms with E-state index in [1.165, 1.54) is 35.5 Å². The number of carbonyl (C=O) groups is 1. The molecule has 3 aromatic rings. The maximum atomic E-state index is 12.5. The highest BCUT2D eigenvalue weighted by Gasteiger charge is 2.17. The van der Waals surface area contributed by atoms with E-state index in [9.17, 15) is 4.79 Å². The molecule has 1 N–H and O–H groups in total. The van der Waals surface area contributed by atoms with Crippen LogP contribution < -0.4 is 5.32 Å². The van der Waals surface area contributed by atoms with Gasteiger partial charge in [-0.1, -0.05) is 25.1 Å². The summed E-state index contributed by atoms with van der Waals surface area (Å²) in [5.74, 6) is 0.761. The molecule has 1 aromatic carbocycles. The minimum Gasteiger partial charge on any atom is -0.297 e. The van der Waals surface area contributed by atoms with E-state index in [1.807, 2.05) is 30.3 Å². The first kappa shape index (κ1) is 16.7. The molecule has 0 spiro atoms. The van der Waals surface area contributed by atoms with Crippen molar-refractivity contribution in [3.05, 3.63) is 46.3 Å². The Bertz CT molecular complexity index is 845. The van der Waals surface area contributed by atoms with Gasteiger partial charge in [-0.25, -0.2) is 4.98 Å². The van der Waals surface area contributed by atoms with E-state index in [2.05, 4.69) is 27.5 Å². The summed E-state index contributed by atoms with van der Waals surface area (Å²) < 4.78 is 1.13. The van der Waals surface area contributed by atoms with Crippen molar-refractivity contribution in [2.45, 2.75) is 26.3 Å². The number of carbonyl (C=O) groups excluding carboxylic acids is 1. The molecule has 0 unspecified atom stereocenters. The Hall–Kier alpha value is -1.76. The number of anilines is 1. The van der Waals surface area contributed by atoms with Crippen molar-refractivity contribution in [1.82, 2.24) is 9.88 Å². The van der Waals surface area contributed by atoms with Gasteiger partial charge in [0, 0.05) is 16.6 Å². The van der Waals surface area contributed by atoms with Crippen molar-refractivity contribution >= 4 is 43.8 Å². The highest BCUT2D eigenvalue weighted by atomic mass is 32.1. The SMILES string of the molecule is CC1CCN(Cc2csc(NC(=O)c3cc4ccccc4s3)n2)CC1. The number of aromatic nitrogens is 1. The van der Waals surface area contributed by atoms with E-state index in [-0.39, 0.29) is 5.91 Å². The minimum absolute atomic E-state index is 0.0751. The predicted octanol–water partition coefficient (Wildman–Crippen LogP) is 4.84. The summed E-state index contributed by atoms with van der Waals surface area (Å²) in [4.78, 5) is 20.2. The standard InChI is InChI=1S/C19H21N3OS2/c1-13-6-8-22(9-7-13)11-15-12-24-19(20-15)21-18(23)17-10-14-4-2-3-5-16(14)25-17/h2-5,10,12-13H,6-9,11H2,1H3,(H,20,21,23). The number of benzene rings is 1. The molecule has 1 amide bonds. The number of nitrogens with one attached hydrogen (secondary N) is 1. The molecule has 4 nitrogen and oxygen atoms in total. The molecule has 4 rings (SSSR count). The first-order valence-corrected chi connectivity index (χ1v) is 10.3. The molecule has 130 valence electrons. The Morgan fingerprint density at radius 3 is 2.92 bits per heavy atom. The molecule has 1 saturated heterocycles. The van der Waals surface area contributed by atoms with Gasteiger partial charge in [-0.05, 0) is 49.4 Å². The van der Waals surface area contributed by atoms with Crippen molar-refractivity contribution in [2.75, 3.05) is 18.4 Å². The maximum Gasteiger partial charge on any atom is 0.267 e. The summed E-state index contributed by atoms with van der Waals surface area (Å²) in [5.41, 5.74) is 1.05. The molecule has 6 heteroatoms. The normalized spacial score (nSPS) is 16.4. The number of thiophene rings is 1. The second kappa shape index (κ2) is 7.23. The van der Waals surface area contributed by atoms with Crippen LogP contribution in [-0.2, 0) is 6.54 Å². The Morgan fingerprint density at radius 1 is 1.32 bits per heavy atom. The topological polar surface area (TPSA) is 45.2 Å². The van der Waals surface area contributed by atoms with Gasteiger partial charge in [-0.3, -0.25) is 15.0 Å². The quantitative estimate of drug-likeness (QED) is 0.713. The van der Waals surface area contributed by atoms with Crippen LogP contribution in [0, 0.1) is 5.92 Å². The third-order valence-corrected chi connectivity index (χ3v) is 6.60. The fraction of sp³-hybridized carbons (Fsp3) is 0.368. The Kier molecular flexibility index (Phi) is 4.83. The van der Waals surface area contributed by atoms with Gasteiger partial charge >= 0.3 is 0 Å². The van der Waals surface area contributed by atoms with Crippen LogP contribution in [0.25, 0.3) is 10.1 Å². The lowest BCUT2D eigenvalue weighted by Crippen LogP contribution is -2.32. The Labute approximate surface area is 155 Å². The highest BCUT2D eigenvalue weighted by molar-refractivity contribution is 7.21. The Balaban J connectivity index is 1.39. The van der Waals surface area contributed by atoms with Crippen molar-refractivity contribution < 1.29 is 4.79 Å². The van der Waals surface area contributed by atoms with Crippen LogP contribution in [0.15, 0.2) is 35.7 Å². The lowest BCUT2D eigenvalue weighted by atomic mass is 9.99. The van der Waals surface area contributed by atoms with Crippen molar-refractivity contribution in [1.29, 1.82) is 0 Å². The summed E-state index contributed by atoms with van der Waals surface area (Å²) in [6.07, 6.45) is 2.53. The summed E-state index contributed by atoms with van der Waals surface area (Å²) in [6.45, 7) is 5.48. The lowest BCUT2D eigenvalue weighted by Gasteiger charge is -2.29. The molecule has 3 heterocycles. The van der Waals surface area contributed by atoms with Gasteiger partial charge in [0.2, 0.25) is 0 Å². The molecule has 0 radical (unpaired) electrons. The van der Waals surface area contributed by atoms with Crippen molar-refractivity contribution in [2.24, 2.45) is 5.92 Å². The minimum atomic E-state index is -0.0751. The first-order valence-electron chi connectivity index (χ1n) is 8.64. The van der Waals surface area contributed by atoms with Crippen LogP contribution in [-0.4, -0.2) is 28.9 Å². The molecule has 1 aliphatic rings. The van der Waals surface area contributed by atoms with Crippen LogP contribution >= 0.6 is 22.7 Å². The average Bonchev–Trinajstić information content (AvgIpc) is 3.23. The molecular formula is C19H21N3OS2. The van der Waals surface area contributed by atoms with Gasteiger partial charge in [-0.2, -0.15) is 0 Å². The maximum absolute atomic E-state index is 12.5. The molecule has 1 aliphatic heterocycles. The third kappa shape index (κ3) is 3.92. The number of thiazole rings is 1. The van der Waals surface area contributed by atoms with Crippen molar-refractivity contribution in [3.63, 3.8) is 0 Å². The summed E-state index contributed by atoms with van der Waals surface area (Å²) >= 11 is 3.02. The first-order chi connectivity index (χ1) is 12.2. The molecule has 0 atom stereocenters. The van der Waals surface area contributed by atoms with E-state index >= 15 is 0 Å². The molecule has 25 heavy (non-hydrogen) atoms. The number of likely N-dealkylation sites (tertiary alicyclic amines) is 1. The van der Waals surface area contributed by atoms with E-state index in [1.54, 1.807) is 0 Å². The molecule has 0 saturated carbocycles. The second-order valence-electron chi connectivity index (χ2n) is 6.71. The van der Waals surface area contributed by atoms with Gasteiger partial charge < -0.3 is 0 Å². The summed E-state index contributed by atoms with van der Waals surface area (Å²) in [7, 11) is 0. The zero-order valence-corrected chi connectivity index (χ0v) is 15.8. The number of nitrogens with zero attached hydrogens (tertiary/aromatic N) is 2. The van der Waals surface area contributed by atoms with Crippen LogP contribution in [0.1, 0.15) is 35.1 Å². The van der Waals surface area contributed by atoms with E-state index < -0.39 is 0 Å². The fourth-order valence-electron chi connectivity index (χ4n) is 3.14. The number of hydrogen-bond acceptors (Lipinski definition) is 5. The number of hydrogen-bond donors (Lipinski definition) is 1. The third-order valence-electron chi connectivity index (χ3n) is 4.68. The van der Waals surface area contributed by atoms with Gasteiger partial charge in [-0.15, -0.1) is 22.7 Å². The van der Waals surface area contributed by atoms with Crippen molar-refractivity contribution in [3.8, 4) is 0 Å². The monoisotopic (exact) mass is 371 g/mol.